The third-order valence-corrected chi connectivity index (χ3v) is 4.88. The van der Waals surface area contributed by atoms with Crippen LogP contribution in [-0.2, 0) is 20.9 Å². The van der Waals surface area contributed by atoms with E-state index in [2.05, 4.69) is 10.6 Å². The van der Waals surface area contributed by atoms with E-state index in [4.69, 9.17) is 15.2 Å². The van der Waals surface area contributed by atoms with Crippen LogP contribution >= 0.6 is 0 Å². The highest BCUT2D eigenvalue weighted by molar-refractivity contribution is 5.96. The number of primary amides is 1. The summed E-state index contributed by atoms with van der Waals surface area (Å²) >= 11 is 0. The average Bonchev–Trinajstić information content (AvgIpc) is 2.83. The van der Waals surface area contributed by atoms with E-state index in [1.807, 2.05) is 61.5 Å². The summed E-state index contributed by atoms with van der Waals surface area (Å²) in [5.41, 5.74) is 7.67. The van der Waals surface area contributed by atoms with Gasteiger partial charge in [0.2, 0.25) is 11.8 Å². The number of amides is 3. The number of carbonyl (C=O) groups is 3. The Labute approximate surface area is 198 Å². The molecule has 0 saturated heterocycles. The van der Waals surface area contributed by atoms with Crippen LogP contribution in [0.15, 0.2) is 78.9 Å². The summed E-state index contributed by atoms with van der Waals surface area (Å²) in [6, 6.07) is 22.6. The Morgan fingerprint density at radius 2 is 1.50 bits per heavy atom. The van der Waals surface area contributed by atoms with Gasteiger partial charge in [-0.1, -0.05) is 48.0 Å². The van der Waals surface area contributed by atoms with E-state index in [1.165, 1.54) is 0 Å². The van der Waals surface area contributed by atoms with Gasteiger partial charge in [-0.2, -0.15) is 0 Å². The summed E-state index contributed by atoms with van der Waals surface area (Å²) in [6.45, 7) is 2.05. The summed E-state index contributed by atoms with van der Waals surface area (Å²) in [7, 11) is 0. The quantitative estimate of drug-likeness (QED) is 0.416. The SMILES string of the molecule is Cc1ccc(Oc2ccc(NC(=O)C(CCC(N)=O)NC(=O)OCc3ccccc3)cc2)cc1. The molecule has 3 rings (SSSR count). The van der Waals surface area contributed by atoms with E-state index in [0.717, 1.165) is 11.1 Å². The topological polar surface area (TPSA) is 120 Å². The van der Waals surface area contributed by atoms with Crippen molar-refractivity contribution in [2.24, 2.45) is 5.73 Å². The standard InChI is InChI=1S/C26H27N3O5/c1-18-7-11-21(12-8-18)34-22-13-9-20(10-14-22)28-25(31)23(15-16-24(27)30)29-26(32)33-17-19-5-3-2-4-6-19/h2-14,23H,15-17H2,1H3,(H2,27,30)(H,28,31)(H,29,32). The first-order valence-electron chi connectivity index (χ1n) is 10.8. The lowest BCUT2D eigenvalue weighted by molar-refractivity contribution is -0.119. The molecule has 1 unspecified atom stereocenters. The van der Waals surface area contributed by atoms with E-state index in [9.17, 15) is 14.4 Å². The van der Waals surface area contributed by atoms with Crippen LogP contribution in [0, 0.1) is 6.92 Å². The van der Waals surface area contributed by atoms with Gasteiger partial charge in [-0.25, -0.2) is 4.79 Å². The molecule has 3 aromatic carbocycles. The van der Waals surface area contributed by atoms with Crippen LogP contribution in [0.2, 0.25) is 0 Å². The summed E-state index contributed by atoms with van der Waals surface area (Å²) in [5.74, 6) is 0.238. The number of hydrogen-bond acceptors (Lipinski definition) is 5. The number of ether oxygens (including phenoxy) is 2. The fourth-order valence-electron chi connectivity index (χ4n) is 3.04. The molecule has 4 N–H and O–H groups in total. The third-order valence-electron chi connectivity index (χ3n) is 4.88. The minimum atomic E-state index is -1.00. The molecule has 8 heteroatoms. The van der Waals surface area contributed by atoms with Crippen molar-refractivity contribution in [3.8, 4) is 11.5 Å². The molecule has 0 heterocycles. The van der Waals surface area contributed by atoms with Gasteiger partial charge in [0.1, 0.15) is 24.1 Å². The van der Waals surface area contributed by atoms with E-state index in [-0.39, 0.29) is 19.4 Å². The van der Waals surface area contributed by atoms with Crippen LogP contribution < -0.4 is 21.1 Å². The molecule has 0 saturated carbocycles. The van der Waals surface area contributed by atoms with Crippen LogP contribution in [0.25, 0.3) is 0 Å². The number of hydrogen-bond donors (Lipinski definition) is 3. The molecule has 8 nitrogen and oxygen atoms in total. The van der Waals surface area contributed by atoms with Gasteiger partial charge in [0.05, 0.1) is 0 Å². The number of aryl methyl sites for hydroxylation is 1. The predicted octanol–water partition coefficient (Wildman–Crippen LogP) is 4.29. The molecule has 0 spiro atoms. The van der Waals surface area contributed by atoms with Gasteiger partial charge in [0.25, 0.3) is 0 Å². The highest BCUT2D eigenvalue weighted by Gasteiger charge is 2.22. The minimum Gasteiger partial charge on any atom is -0.457 e. The van der Waals surface area contributed by atoms with Crippen molar-refractivity contribution in [2.45, 2.75) is 32.4 Å². The van der Waals surface area contributed by atoms with Crippen molar-refractivity contribution in [1.29, 1.82) is 0 Å². The molecular weight excluding hydrogens is 434 g/mol. The Morgan fingerprint density at radius 1 is 0.882 bits per heavy atom. The van der Waals surface area contributed by atoms with Gasteiger partial charge in [-0.15, -0.1) is 0 Å². The fraction of sp³-hybridized carbons (Fsp3) is 0.192. The van der Waals surface area contributed by atoms with Crippen LogP contribution in [-0.4, -0.2) is 23.9 Å². The molecule has 176 valence electrons. The zero-order chi connectivity index (χ0) is 24.3. The number of alkyl carbamates (subject to hydrolysis) is 1. The first-order chi connectivity index (χ1) is 16.4. The van der Waals surface area contributed by atoms with Crippen molar-refractivity contribution in [1.82, 2.24) is 5.32 Å². The number of nitrogens with two attached hydrogens (primary N) is 1. The highest BCUT2D eigenvalue weighted by Crippen LogP contribution is 2.23. The van der Waals surface area contributed by atoms with Crippen molar-refractivity contribution in [3.63, 3.8) is 0 Å². The first kappa shape index (κ1) is 24.3. The summed E-state index contributed by atoms with van der Waals surface area (Å²) in [6.07, 6.45) is -0.799. The van der Waals surface area contributed by atoms with Crippen molar-refractivity contribution in [3.05, 3.63) is 90.0 Å². The molecule has 34 heavy (non-hydrogen) atoms. The molecule has 0 radical (unpaired) electrons. The average molecular weight is 462 g/mol. The molecule has 0 aliphatic heterocycles. The van der Waals surface area contributed by atoms with Gasteiger partial charge in [0.15, 0.2) is 0 Å². The Balaban J connectivity index is 1.57. The van der Waals surface area contributed by atoms with Gasteiger partial charge in [-0.3, -0.25) is 9.59 Å². The van der Waals surface area contributed by atoms with E-state index < -0.39 is 23.9 Å². The number of anilines is 1. The fourth-order valence-corrected chi connectivity index (χ4v) is 3.04. The number of benzene rings is 3. The number of nitrogens with one attached hydrogen (secondary N) is 2. The van der Waals surface area contributed by atoms with Crippen LogP contribution in [0.3, 0.4) is 0 Å². The molecule has 0 bridgehead atoms. The molecule has 0 fully saturated rings. The maximum absolute atomic E-state index is 12.8. The summed E-state index contributed by atoms with van der Waals surface area (Å²) in [4.78, 5) is 36.2. The second-order valence-corrected chi connectivity index (χ2v) is 7.69. The molecule has 0 aliphatic carbocycles. The lowest BCUT2D eigenvalue weighted by Crippen LogP contribution is -2.44. The van der Waals surface area contributed by atoms with E-state index in [0.29, 0.717) is 17.2 Å². The number of rotatable bonds is 10. The van der Waals surface area contributed by atoms with Crippen molar-refractivity contribution < 1.29 is 23.9 Å². The zero-order valence-corrected chi connectivity index (χ0v) is 18.8. The first-order valence-corrected chi connectivity index (χ1v) is 10.8. The lowest BCUT2D eigenvalue weighted by Gasteiger charge is -2.18. The molecule has 3 amide bonds. The van der Waals surface area contributed by atoms with Crippen molar-refractivity contribution >= 4 is 23.6 Å². The van der Waals surface area contributed by atoms with Crippen LogP contribution in [0.4, 0.5) is 10.5 Å². The van der Waals surface area contributed by atoms with Crippen molar-refractivity contribution in [2.75, 3.05) is 5.32 Å². The van der Waals surface area contributed by atoms with Gasteiger partial charge in [-0.05, 0) is 55.3 Å². The van der Waals surface area contributed by atoms with E-state index >= 15 is 0 Å². The van der Waals surface area contributed by atoms with Crippen LogP contribution in [0.5, 0.6) is 11.5 Å². The number of carbonyl (C=O) groups excluding carboxylic acids is 3. The Bertz CT molecular complexity index is 1100. The third kappa shape index (κ3) is 7.98. The molecule has 3 aromatic rings. The van der Waals surface area contributed by atoms with Gasteiger partial charge < -0.3 is 25.8 Å². The Hall–Kier alpha value is -4.33. The van der Waals surface area contributed by atoms with Gasteiger partial charge in [0, 0.05) is 12.1 Å². The Morgan fingerprint density at radius 3 is 2.12 bits per heavy atom. The largest absolute Gasteiger partial charge is 0.457 e. The lowest BCUT2D eigenvalue weighted by atomic mass is 10.1. The van der Waals surface area contributed by atoms with Gasteiger partial charge >= 0.3 is 6.09 Å². The maximum Gasteiger partial charge on any atom is 0.408 e. The molecule has 0 aromatic heterocycles. The predicted molar refractivity (Wildman–Crippen MR) is 128 cm³/mol. The monoisotopic (exact) mass is 461 g/mol. The zero-order valence-electron chi connectivity index (χ0n) is 18.8. The smallest absolute Gasteiger partial charge is 0.408 e. The normalized spacial score (nSPS) is 11.2. The summed E-state index contributed by atoms with van der Waals surface area (Å²) in [5, 5.41) is 5.23. The van der Waals surface area contributed by atoms with Crippen LogP contribution in [0.1, 0.15) is 24.0 Å². The van der Waals surface area contributed by atoms with E-state index in [1.54, 1.807) is 24.3 Å². The Kier molecular flexibility index (Phi) is 8.62. The minimum absolute atomic E-state index is 0.0379. The maximum atomic E-state index is 12.8. The molecule has 1 atom stereocenters. The summed E-state index contributed by atoms with van der Waals surface area (Å²) < 4.78 is 11.0. The molecular formula is C26H27N3O5. The molecule has 0 aliphatic rings. The highest BCUT2D eigenvalue weighted by atomic mass is 16.5. The second-order valence-electron chi connectivity index (χ2n) is 7.69. The second kappa shape index (κ2) is 12.1.